The summed E-state index contributed by atoms with van der Waals surface area (Å²) in [4.78, 5) is 15.2. The van der Waals surface area contributed by atoms with E-state index in [2.05, 4.69) is 19.5 Å². The Kier molecular flexibility index (Phi) is 7.50. The molecule has 0 atom stereocenters. The molecular weight excluding hydrogens is 469 g/mol. The van der Waals surface area contributed by atoms with E-state index >= 15 is 0 Å². The van der Waals surface area contributed by atoms with Crippen molar-refractivity contribution in [3.05, 3.63) is 54.4 Å². The number of methoxy groups -OCH3 is 1. The molecule has 0 aliphatic heterocycles. The lowest BCUT2D eigenvalue weighted by Gasteiger charge is -2.13. The molecule has 3 rings (SSSR count). The lowest BCUT2D eigenvalue weighted by atomic mass is 10.1. The van der Waals surface area contributed by atoms with E-state index in [1.807, 2.05) is 0 Å². The van der Waals surface area contributed by atoms with Gasteiger partial charge in [0.1, 0.15) is 5.75 Å². The molecule has 0 saturated heterocycles. The molecule has 0 bridgehead atoms. The molecule has 5 N–H and O–H groups in total. The summed E-state index contributed by atoms with van der Waals surface area (Å²) in [5.74, 6) is -1.07. The fourth-order valence-corrected chi connectivity index (χ4v) is 3.84. The Balaban J connectivity index is 0.00000341. The molecule has 0 aliphatic carbocycles. The summed E-state index contributed by atoms with van der Waals surface area (Å²) >= 11 is 5.32. The maximum Gasteiger partial charge on any atom is 0.335 e. The number of carboxylic acid groups (broad SMARTS) is 1. The Bertz CT molecular complexity index is 1270. The lowest BCUT2D eigenvalue weighted by molar-refractivity contribution is 0.0697. The van der Waals surface area contributed by atoms with Crippen LogP contribution in [0.25, 0.3) is 10.8 Å². The maximum atomic E-state index is 12.9. The maximum absolute atomic E-state index is 12.9. The number of fused-ring (bicyclic) bond motifs is 1. The van der Waals surface area contributed by atoms with Crippen molar-refractivity contribution in [3.8, 4) is 5.75 Å². The number of hydrogen-bond donors (Lipinski definition) is 4. The van der Waals surface area contributed by atoms with Crippen LogP contribution in [0.3, 0.4) is 0 Å². The van der Waals surface area contributed by atoms with Crippen LogP contribution in [0, 0.1) is 0 Å². The SMILES string of the molecule is COc1ccc(C(=O)O)cc1NS(=O)(=O)c1ccc2c(NC(N)=NCl)cncc2c1.Cl. The van der Waals surface area contributed by atoms with Crippen molar-refractivity contribution in [2.45, 2.75) is 4.90 Å². The monoisotopic (exact) mass is 485 g/mol. The second kappa shape index (κ2) is 9.69. The highest BCUT2D eigenvalue weighted by molar-refractivity contribution is 7.92. The summed E-state index contributed by atoms with van der Waals surface area (Å²) in [6.45, 7) is 0. The normalized spacial score (nSPS) is 11.5. The topological polar surface area (TPSA) is 156 Å². The number of carbonyl (C=O) groups is 1. The van der Waals surface area contributed by atoms with Crippen LogP contribution >= 0.6 is 24.2 Å². The summed E-state index contributed by atoms with van der Waals surface area (Å²) in [6, 6.07) is 8.23. The van der Waals surface area contributed by atoms with Gasteiger partial charge in [0, 0.05) is 28.7 Å². The van der Waals surface area contributed by atoms with Gasteiger partial charge in [-0.3, -0.25) is 9.71 Å². The second-order valence-corrected chi connectivity index (χ2v) is 7.84. The van der Waals surface area contributed by atoms with Crippen molar-refractivity contribution >= 4 is 68.3 Å². The van der Waals surface area contributed by atoms with Gasteiger partial charge in [-0.1, -0.05) is 6.07 Å². The number of hydrogen-bond acceptors (Lipinski definition) is 6. The minimum atomic E-state index is -4.06. The number of benzene rings is 2. The lowest BCUT2D eigenvalue weighted by Crippen LogP contribution is -2.21. The number of nitrogens with two attached hydrogens (primary N) is 1. The number of rotatable bonds is 6. The van der Waals surface area contributed by atoms with E-state index in [1.165, 1.54) is 49.8 Å². The number of anilines is 2. The summed E-state index contributed by atoms with van der Waals surface area (Å²) in [7, 11) is -2.71. The van der Waals surface area contributed by atoms with Crippen LogP contribution in [-0.4, -0.2) is 37.5 Å². The number of aromatic carboxylic acids is 1. The zero-order chi connectivity index (χ0) is 21.9. The summed E-state index contributed by atoms with van der Waals surface area (Å²) in [5.41, 5.74) is 5.95. The van der Waals surface area contributed by atoms with Crippen LogP contribution in [0.5, 0.6) is 5.75 Å². The quantitative estimate of drug-likeness (QED) is 0.306. The third-order valence-electron chi connectivity index (χ3n) is 4.09. The van der Waals surface area contributed by atoms with Crippen LogP contribution in [0.2, 0.25) is 0 Å². The van der Waals surface area contributed by atoms with Gasteiger partial charge in [-0.25, -0.2) is 13.2 Å². The molecule has 10 nitrogen and oxygen atoms in total. The Hall–Kier alpha value is -3.28. The summed E-state index contributed by atoms with van der Waals surface area (Å²) < 4.78 is 36.6. The average Bonchev–Trinajstić information content (AvgIpc) is 2.73. The number of sulfonamides is 1. The highest BCUT2D eigenvalue weighted by Crippen LogP contribution is 2.30. The largest absolute Gasteiger partial charge is 0.495 e. The molecule has 0 fully saturated rings. The second-order valence-electron chi connectivity index (χ2n) is 5.99. The predicted octanol–water partition coefficient (Wildman–Crippen LogP) is 3.04. The molecule has 0 amide bonds. The smallest absolute Gasteiger partial charge is 0.335 e. The first kappa shape index (κ1) is 24.0. The van der Waals surface area contributed by atoms with Gasteiger partial charge in [0.25, 0.3) is 10.0 Å². The van der Waals surface area contributed by atoms with E-state index in [-0.39, 0.29) is 40.3 Å². The zero-order valence-electron chi connectivity index (χ0n) is 15.9. The van der Waals surface area contributed by atoms with Crippen LogP contribution in [-0.2, 0) is 10.0 Å². The first-order valence-corrected chi connectivity index (χ1v) is 10.1. The minimum Gasteiger partial charge on any atom is -0.495 e. The van der Waals surface area contributed by atoms with Gasteiger partial charge in [0.15, 0.2) is 0 Å². The minimum absolute atomic E-state index is 0. The number of ether oxygens (including phenoxy) is 1. The number of guanidine groups is 1. The molecule has 164 valence electrons. The molecule has 0 radical (unpaired) electrons. The predicted molar refractivity (Wildman–Crippen MR) is 121 cm³/mol. The van der Waals surface area contributed by atoms with Crippen LogP contribution in [0.1, 0.15) is 10.4 Å². The molecule has 0 unspecified atom stereocenters. The number of halogens is 2. The van der Waals surface area contributed by atoms with E-state index in [0.29, 0.717) is 16.5 Å². The van der Waals surface area contributed by atoms with Gasteiger partial charge in [-0.15, -0.1) is 16.9 Å². The molecule has 1 aromatic heterocycles. The molecule has 0 aliphatic rings. The number of nitrogens with zero attached hydrogens (tertiary/aromatic N) is 2. The van der Waals surface area contributed by atoms with E-state index in [4.69, 9.17) is 27.4 Å². The molecule has 13 heteroatoms. The fraction of sp³-hybridized carbons (Fsp3) is 0.0556. The van der Waals surface area contributed by atoms with Gasteiger partial charge >= 0.3 is 5.97 Å². The van der Waals surface area contributed by atoms with Gasteiger partial charge in [0.05, 0.1) is 35.1 Å². The van der Waals surface area contributed by atoms with Gasteiger partial charge in [-0.2, -0.15) is 0 Å². The zero-order valence-corrected chi connectivity index (χ0v) is 18.3. The molecule has 3 aromatic rings. The van der Waals surface area contributed by atoms with E-state index in [1.54, 1.807) is 6.07 Å². The highest BCUT2D eigenvalue weighted by Gasteiger charge is 2.19. The van der Waals surface area contributed by atoms with Crippen molar-refractivity contribution in [1.29, 1.82) is 0 Å². The first-order valence-electron chi connectivity index (χ1n) is 8.28. The molecule has 0 spiro atoms. The Labute approximate surface area is 188 Å². The fourth-order valence-electron chi connectivity index (χ4n) is 2.70. The Morgan fingerprint density at radius 1 is 1.19 bits per heavy atom. The third-order valence-corrected chi connectivity index (χ3v) is 5.63. The van der Waals surface area contributed by atoms with E-state index in [0.717, 1.165) is 0 Å². The molecular formula is C18H17Cl2N5O5S. The molecule has 2 aromatic carbocycles. The highest BCUT2D eigenvalue weighted by atomic mass is 35.5. The van der Waals surface area contributed by atoms with Gasteiger partial charge in [0.2, 0.25) is 5.96 Å². The van der Waals surface area contributed by atoms with E-state index < -0.39 is 16.0 Å². The standard InChI is InChI=1S/C18H16ClN5O5S.ClH/c1-29-16-5-2-10(17(25)26)7-14(16)24-30(27,28)12-3-4-13-11(6-12)8-21-9-15(13)22-18(20)23-19;/h2-9,24H,1H3,(H,25,26)(H3,20,22,23);1H. The first-order chi connectivity index (χ1) is 14.2. The average molecular weight is 486 g/mol. The molecule has 31 heavy (non-hydrogen) atoms. The Morgan fingerprint density at radius 3 is 2.58 bits per heavy atom. The van der Waals surface area contributed by atoms with Gasteiger partial charge < -0.3 is 20.9 Å². The number of carboxylic acids is 1. The van der Waals surface area contributed by atoms with Crippen molar-refractivity contribution < 1.29 is 23.1 Å². The summed E-state index contributed by atoms with van der Waals surface area (Å²) in [5, 5.41) is 13.1. The van der Waals surface area contributed by atoms with E-state index in [9.17, 15) is 13.2 Å². The number of aromatic nitrogens is 1. The van der Waals surface area contributed by atoms with Crippen LogP contribution < -0.4 is 20.5 Å². The number of nitrogens with one attached hydrogen (secondary N) is 2. The molecule has 1 heterocycles. The van der Waals surface area contributed by atoms with Crippen molar-refractivity contribution in [2.24, 2.45) is 10.2 Å². The van der Waals surface area contributed by atoms with Crippen molar-refractivity contribution in [3.63, 3.8) is 0 Å². The van der Waals surface area contributed by atoms with Gasteiger partial charge in [-0.05, 0) is 30.3 Å². The van der Waals surface area contributed by atoms with Crippen LogP contribution in [0.4, 0.5) is 11.4 Å². The van der Waals surface area contributed by atoms with Crippen molar-refractivity contribution in [2.75, 3.05) is 17.1 Å². The number of pyridine rings is 1. The van der Waals surface area contributed by atoms with Crippen LogP contribution in [0.15, 0.2) is 58.2 Å². The third kappa shape index (κ3) is 5.26. The summed E-state index contributed by atoms with van der Waals surface area (Å²) in [6.07, 6.45) is 2.98. The molecule has 0 saturated carbocycles. The Morgan fingerprint density at radius 2 is 1.94 bits per heavy atom. The van der Waals surface area contributed by atoms with Crippen molar-refractivity contribution in [1.82, 2.24) is 4.98 Å².